The molecule has 6 nitrogen and oxygen atoms in total. The molecule has 1 aromatic heterocycles. The first-order valence-corrected chi connectivity index (χ1v) is 10.4. The van der Waals surface area contributed by atoms with E-state index in [2.05, 4.69) is 57.5 Å². The molecule has 0 spiro atoms. The fraction of sp³-hybridized carbons (Fsp3) is 0.545. The van der Waals surface area contributed by atoms with Crippen LogP contribution < -0.4 is 5.32 Å². The largest absolute Gasteiger partial charge is 0.323 e. The second-order valence-corrected chi connectivity index (χ2v) is 8.26. The first-order valence-electron chi connectivity index (χ1n) is 10.4. The lowest BCUT2D eigenvalue weighted by Crippen LogP contribution is -2.49. The van der Waals surface area contributed by atoms with Crippen molar-refractivity contribution in [3.8, 4) is 0 Å². The molecule has 0 aliphatic carbocycles. The molecule has 3 aliphatic rings. The number of piperidine rings is 1. The fourth-order valence-electron chi connectivity index (χ4n) is 4.77. The number of nitrogens with one attached hydrogen (secondary N) is 1. The standard InChI is InChI=1S/C22H31N5O/c1-4-20-16(2)21(25(3)24-20)23-22(28)27-14-18-10-11-19(27)15-26(13-18)12-17-8-6-5-7-9-17/h5-9,18-19H,4,10-15H2,1-3H3,(H,23,28)/t18-,19+/m0/s1. The minimum absolute atomic E-state index is 0.0185. The van der Waals surface area contributed by atoms with Gasteiger partial charge >= 0.3 is 6.03 Å². The molecule has 28 heavy (non-hydrogen) atoms. The maximum atomic E-state index is 13.1. The van der Waals surface area contributed by atoms with E-state index in [1.807, 2.05) is 14.0 Å². The summed E-state index contributed by atoms with van der Waals surface area (Å²) in [6.45, 7) is 7.96. The zero-order valence-corrected chi connectivity index (χ0v) is 17.2. The van der Waals surface area contributed by atoms with Gasteiger partial charge in [-0.25, -0.2) is 4.79 Å². The fourth-order valence-corrected chi connectivity index (χ4v) is 4.77. The molecule has 2 atom stereocenters. The molecular formula is C22H31N5O. The number of benzene rings is 1. The SMILES string of the molecule is CCc1nn(C)c(NC(=O)N2C[C@H]3CC[C@@H]2CN(Cc2ccccc2)C3)c1C. The van der Waals surface area contributed by atoms with E-state index in [-0.39, 0.29) is 12.1 Å². The number of carbonyl (C=O) groups is 1. The molecule has 4 heterocycles. The number of nitrogens with zero attached hydrogens (tertiary/aromatic N) is 4. The Labute approximate surface area is 167 Å². The van der Waals surface area contributed by atoms with Crippen LogP contribution in [0.5, 0.6) is 0 Å². The Morgan fingerprint density at radius 3 is 2.68 bits per heavy atom. The summed E-state index contributed by atoms with van der Waals surface area (Å²) in [6, 6.07) is 10.9. The van der Waals surface area contributed by atoms with Crippen molar-refractivity contribution in [2.45, 2.75) is 45.7 Å². The topological polar surface area (TPSA) is 53.4 Å². The molecule has 2 amide bonds. The predicted octanol–water partition coefficient (Wildman–Crippen LogP) is 3.42. The molecule has 2 bridgehead atoms. The van der Waals surface area contributed by atoms with Gasteiger partial charge in [-0.05, 0) is 37.7 Å². The maximum Gasteiger partial charge on any atom is 0.323 e. The van der Waals surface area contributed by atoms with Crippen molar-refractivity contribution >= 4 is 11.8 Å². The number of hydrogen-bond donors (Lipinski definition) is 1. The first kappa shape index (κ1) is 19.0. The van der Waals surface area contributed by atoms with Gasteiger partial charge in [-0.15, -0.1) is 0 Å². The summed E-state index contributed by atoms with van der Waals surface area (Å²) in [5, 5.41) is 7.68. The molecule has 3 saturated heterocycles. The third-order valence-electron chi connectivity index (χ3n) is 6.24. The number of urea groups is 1. The van der Waals surface area contributed by atoms with E-state index in [9.17, 15) is 4.79 Å². The first-order chi connectivity index (χ1) is 13.5. The highest BCUT2D eigenvalue weighted by atomic mass is 16.2. The number of carbonyl (C=O) groups excluding carboxylic acids is 1. The Bertz CT molecular complexity index is 831. The van der Waals surface area contributed by atoms with Crippen molar-refractivity contribution in [2.24, 2.45) is 13.0 Å². The highest BCUT2D eigenvalue weighted by Gasteiger charge is 2.37. The van der Waals surface area contributed by atoms with Crippen molar-refractivity contribution < 1.29 is 4.79 Å². The van der Waals surface area contributed by atoms with Gasteiger partial charge in [0.15, 0.2) is 0 Å². The lowest BCUT2D eigenvalue weighted by molar-refractivity contribution is 0.151. The molecule has 3 fully saturated rings. The van der Waals surface area contributed by atoms with Crippen LogP contribution in [0.15, 0.2) is 30.3 Å². The van der Waals surface area contributed by atoms with Crippen LogP contribution in [0.25, 0.3) is 0 Å². The number of fused-ring (bicyclic) bond motifs is 4. The summed E-state index contributed by atoms with van der Waals surface area (Å²) >= 11 is 0. The summed E-state index contributed by atoms with van der Waals surface area (Å²) < 4.78 is 1.80. The van der Waals surface area contributed by atoms with Crippen LogP contribution in [0.1, 0.15) is 36.6 Å². The summed E-state index contributed by atoms with van der Waals surface area (Å²) in [5.41, 5.74) is 3.46. The van der Waals surface area contributed by atoms with Crippen LogP contribution in [-0.4, -0.2) is 51.3 Å². The van der Waals surface area contributed by atoms with Crippen LogP contribution in [0, 0.1) is 12.8 Å². The Hall–Kier alpha value is -2.34. The molecule has 3 aliphatic heterocycles. The van der Waals surface area contributed by atoms with Crippen molar-refractivity contribution in [2.75, 3.05) is 25.0 Å². The molecule has 5 rings (SSSR count). The van der Waals surface area contributed by atoms with Crippen LogP contribution in [0.3, 0.4) is 0 Å². The average Bonchev–Trinajstić information content (AvgIpc) is 2.86. The summed E-state index contributed by atoms with van der Waals surface area (Å²) in [5.74, 6) is 1.37. The van der Waals surface area contributed by atoms with Gasteiger partial charge in [-0.2, -0.15) is 5.10 Å². The minimum Gasteiger partial charge on any atom is -0.320 e. The third kappa shape index (κ3) is 3.78. The predicted molar refractivity (Wildman–Crippen MR) is 111 cm³/mol. The molecule has 2 aromatic rings. The smallest absolute Gasteiger partial charge is 0.320 e. The van der Waals surface area contributed by atoms with Crippen molar-refractivity contribution in [3.05, 3.63) is 47.2 Å². The zero-order valence-electron chi connectivity index (χ0n) is 17.2. The number of rotatable bonds is 4. The van der Waals surface area contributed by atoms with E-state index in [0.29, 0.717) is 5.92 Å². The molecule has 6 heteroatoms. The Kier molecular flexibility index (Phi) is 5.40. The highest BCUT2D eigenvalue weighted by molar-refractivity contribution is 5.89. The Morgan fingerprint density at radius 1 is 1.18 bits per heavy atom. The molecule has 1 aromatic carbocycles. The van der Waals surface area contributed by atoms with Gasteiger partial charge in [0.05, 0.1) is 5.69 Å². The van der Waals surface area contributed by atoms with E-state index in [1.165, 1.54) is 12.0 Å². The van der Waals surface area contributed by atoms with Crippen LogP contribution >= 0.6 is 0 Å². The molecule has 0 radical (unpaired) electrons. The summed E-state index contributed by atoms with van der Waals surface area (Å²) in [4.78, 5) is 17.7. The summed E-state index contributed by atoms with van der Waals surface area (Å²) in [7, 11) is 1.90. The molecule has 0 saturated carbocycles. The number of aryl methyl sites for hydroxylation is 2. The lowest BCUT2D eigenvalue weighted by atomic mass is 9.95. The lowest BCUT2D eigenvalue weighted by Gasteiger charge is -2.36. The monoisotopic (exact) mass is 381 g/mol. The van der Waals surface area contributed by atoms with Gasteiger partial charge < -0.3 is 4.90 Å². The van der Waals surface area contributed by atoms with Gasteiger partial charge in [0.25, 0.3) is 0 Å². The molecule has 0 unspecified atom stereocenters. The van der Waals surface area contributed by atoms with E-state index in [1.54, 1.807) is 4.68 Å². The number of hydrogen-bond acceptors (Lipinski definition) is 3. The van der Waals surface area contributed by atoms with Crippen molar-refractivity contribution in [1.82, 2.24) is 19.6 Å². The van der Waals surface area contributed by atoms with E-state index in [4.69, 9.17) is 0 Å². The van der Waals surface area contributed by atoms with Crippen molar-refractivity contribution in [3.63, 3.8) is 0 Å². The quantitative estimate of drug-likeness (QED) is 0.883. The normalized spacial score (nSPS) is 22.3. The minimum atomic E-state index is 0.0185. The van der Waals surface area contributed by atoms with Crippen molar-refractivity contribution in [1.29, 1.82) is 0 Å². The van der Waals surface area contributed by atoms with Gasteiger partial charge in [0.2, 0.25) is 0 Å². The molecular weight excluding hydrogens is 350 g/mol. The zero-order chi connectivity index (χ0) is 19.7. The van der Waals surface area contributed by atoms with Crippen LogP contribution in [-0.2, 0) is 20.0 Å². The second kappa shape index (κ2) is 7.95. The van der Waals surface area contributed by atoms with E-state index >= 15 is 0 Å². The number of amides is 2. The second-order valence-electron chi connectivity index (χ2n) is 8.26. The van der Waals surface area contributed by atoms with Gasteiger partial charge in [-0.1, -0.05) is 37.3 Å². The van der Waals surface area contributed by atoms with Crippen LogP contribution in [0.4, 0.5) is 10.6 Å². The van der Waals surface area contributed by atoms with E-state index < -0.39 is 0 Å². The number of anilines is 1. The highest BCUT2D eigenvalue weighted by Crippen LogP contribution is 2.30. The van der Waals surface area contributed by atoms with Gasteiger partial charge in [-0.3, -0.25) is 14.9 Å². The average molecular weight is 382 g/mol. The molecule has 150 valence electrons. The third-order valence-corrected chi connectivity index (χ3v) is 6.24. The summed E-state index contributed by atoms with van der Waals surface area (Å²) in [6.07, 6.45) is 3.18. The molecule has 1 N–H and O–H groups in total. The number of aromatic nitrogens is 2. The van der Waals surface area contributed by atoms with Crippen LogP contribution in [0.2, 0.25) is 0 Å². The van der Waals surface area contributed by atoms with Gasteiger partial charge in [0.1, 0.15) is 5.82 Å². The maximum absolute atomic E-state index is 13.1. The Morgan fingerprint density at radius 2 is 1.96 bits per heavy atom. The van der Waals surface area contributed by atoms with E-state index in [0.717, 1.165) is 56.1 Å². The van der Waals surface area contributed by atoms with Gasteiger partial charge in [0, 0.05) is 44.8 Å². The Balaban J connectivity index is 1.46.